The highest BCUT2D eigenvalue weighted by Gasteiger charge is 2.16. The molecular weight excluding hydrogens is 200 g/mol. The normalized spacial score (nSPS) is 11.7. The predicted octanol–water partition coefficient (Wildman–Crippen LogP) is 0.930. The van der Waals surface area contributed by atoms with Crippen LogP contribution in [0.2, 0.25) is 0 Å². The van der Waals surface area contributed by atoms with Gasteiger partial charge in [0.25, 0.3) is 0 Å². The molecule has 0 unspecified atom stereocenters. The summed E-state index contributed by atoms with van der Waals surface area (Å²) < 4.78 is 4.50. The van der Waals surface area contributed by atoms with Crippen molar-refractivity contribution in [3.05, 3.63) is 11.1 Å². The third kappa shape index (κ3) is 4.39. The number of carbonyl (C=O) groups is 3. The Bertz CT molecular complexity index is 314. The Morgan fingerprint density at radius 2 is 1.73 bits per heavy atom. The summed E-state index contributed by atoms with van der Waals surface area (Å²) in [6.45, 7) is 3.82. The van der Waals surface area contributed by atoms with E-state index in [0.29, 0.717) is 6.42 Å². The lowest BCUT2D eigenvalue weighted by atomic mass is 10.0. The van der Waals surface area contributed by atoms with Crippen LogP contribution in [0.4, 0.5) is 0 Å². The molecule has 5 heteroatoms. The highest BCUT2D eigenvalue weighted by molar-refractivity contribution is 6.03. The van der Waals surface area contributed by atoms with Gasteiger partial charge in [0.2, 0.25) is 0 Å². The van der Waals surface area contributed by atoms with Gasteiger partial charge in [-0.1, -0.05) is 6.92 Å². The van der Waals surface area contributed by atoms with E-state index in [1.54, 1.807) is 6.92 Å². The second kappa shape index (κ2) is 5.95. The zero-order chi connectivity index (χ0) is 12.0. The van der Waals surface area contributed by atoms with Crippen LogP contribution in [0.15, 0.2) is 11.1 Å². The topological polar surface area (TPSA) is 80.7 Å². The quantitative estimate of drug-likeness (QED) is 0.544. The van der Waals surface area contributed by atoms with Gasteiger partial charge in [-0.05, 0) is 13.3 Å². The molecule has 0 spiro atoms. The van der Waals surface area contributed by atoms with Crippen molar-refractivity contribution in [2.24, 2.45) is 0 Å². The van der Waals surface area contributed by atoms with Gasteiger partial charge in [0.05, 0.1) is 0 Å². The minimum absolute atomic E-state index is 0.00495. The molecule has 0 aliphatic rings. The molecule has 0 fully saturated rings. The molecule has 0 rings (SSSR count). The highest BCUT2D eigenvalue weighted by atomic mass is 16.5. The molecule has 84 valence electrons. The maximum Gasteiger partial charge on any atom is 0.331 e. The van der Waals surface area contributed by atoms with E-state index in [4.69, 9.17) is 5.11 Å². The minimum atomic E-state index is -1.14. The second-order valence-corrected chi connectivity index (χ2v) is 2.97. The third-order valence-corrected chi connectivity index (χ3v) is 1.87. The fraction of sp³-hybridized carbons (Fsp3) is 0.500. The van der Waals surface area contributed by atoms with Gasteiger partial charge in [-0.15, -0.1) is 0 Å². The first-order valence-corrected chi connectivity index (χ1v) is 4.49. The van der Waals surface area contributed by atoms with Gasteiger partial charge in [0, 0.05) is 18.1 Å². The van der Waals surface area contributed by atoms with E-state index in [0.717, 1.165) is 0 Å². The molecule has 0 aromatic heterocycles. The van der Waals surface area contributed by atoms with Crippen molar-refractivity contribution in [2.45, 2.75) is 27.2 Å². The summed E-state index contributed by atoms with van der Waals surface area (Å²) in [5.41, 5.74) is 0.179. The first-order chi connectivity index (χ1) is 6.90. The molecule has 0 bridgehead atoms. The summed E-state index contributed by atoms with van der Waals surface area (Å²) in [5.74, 6) is -2.16. The van der Waals surface area contributed by atoms with Gasteiger partial charge in [-0.2, -0.15) is 0 Å². The SMILES string of the molecule is CCC(C(=O)COC(C)=O)=C(C)C(=O)O. The molecule has 0 aromatic carbocycles. The second-order valence-electron chi connectivity index (χ2n) is 2.97. The Kier molecular flexibility index (Phi) is 5.30. The Labute approximate surface area is 87.7 Å². The number of hydrogen-bond acceptors (Lipinski definition) is 4. The van der Waals surface area contributed by atoms with Gasteiger partial charge in [-0.3, -0.25) is 9.59 Å². The number of carboxylic acids is 1. The summed E-state index contributed by atoms with van der Waals surface area (Å²) in [6.07, 6.45) is 0.304. The standard InChI is InChI=1S/C10H14O5/c1-4-8(6(2)10(13)14)9(12)5-15-7(3)11/h4-5H2,1-3H3,(H,13,14). The lowest BCUT2D eigenvalue weighted by Crippen LogP contribution is -2.16. The molecule has 0 aliphatic heterocycles. The molecule has 0 aromatic rings. The van der Waals surface area contributed by atoms with Crippen molar-refractivity contribution in [3.63, 3.8) is 0 Å². The number of Topliss-reactive ketones (excluding diaryl/α,β-unsaturated/α-hetero) is 1. The van der Waals surface area contributed by atoms with E-state index < -0.39 is 24.3 Å². The van der Waals surface area contributed by atoms with Crippen LogP contribution in [0.5, 0.6) is 0 Å². The number of carbonyl (C=O) groups excluding carboxylic acids is 2. The fourth-order valence-corrected chi connectivity index (χ4v) is 1.05. The van der Waals surface area contributed by atoms with Crippen LogP contribution in [0.3, 0.4) is 0 Å². The largest absolute Gasteiger partial charge is 0.478 e. The van der Waals surface area contributed by atoms with E-state index in [9.17, 15) is 14.4 Å². The van der Waals surface area contributed by atoms with Crippen LogP contribution in [0, 0.1) is 0 Å². The molecule has 0 aliphatic carbocycles. The molecular formula is C10H14O5. The van der Waals surface area contributed by atoms with Crippen LogP contribution >= 0.6 is 0 Å². The van der Waals surface area contributed by atoms with Gasteiger partial charge >= 0.3 is 11.9 Å². The number of hydrogen-bond donors (Lipinski definition) is 1. The third-order valence-electron chi connectivity index (χ3n) is 1.87. The molecule has 0 saturated heterocycles. The Hall–Kier alpha value is -1.65. The van der Waals surface area contributed by atoms with E-state index >= 15 is 0 Å². The lowest BCUT2D eigenvalue weighted by molar-refractivity contribution is -0.144. The average Bonchev–Trinajstić information content (AvgIpc) is 2.15. The lowest BCUT2D eigenvalue weighted by Gasteiger charge is -2.06. The van der Waals surface area contributed by atoms with Crippen LogP contribution in [0.1, 0.15) is 27.2 Å². The van der Waals surface area contributed by atoms with E-state index in [2.05, 4.69) is 4.74 Å². The molecule has 0 amide bonds. The van der Waals surface area contributed by atoms with Gasteiger partial charge in [0.1, 0.15) is 0 Å². The zero-order valence-electron chi connectivity index (χ0n) is 8.99. The van der Waals surface area contributed by atoms with E-state index in [1.165, 1.54) is 13.8 Å². The predicted molar refractivity (Wildman–Crippen MR) is 52.3 cm³/mol. The summed E-state index contributed by atoms with van der Waals surface area (Å²) in [6, 6.07) is 0. The molecule has 0 saturated carbocycles. The van der Waals surface area contributed by atoms with Crippen molar-refractivity contribution < 1.29 is 24.2 Å². The maximum atomic E-state index is 11.4. The van der Waals surface area contributed by atoms with Crippen LogP contribution in [-0.2, 0) is 19.1 Å². The Morgan fingerprint density at radius 3 is 2.07 bits per heavy atom. The van der Waals surface area contributed by atoms with Crippen molar-refractivity contribution in [2.75, 3.05) is 6.61 Å². The van der Waals surface area contributed by atoms with Crippen molar-refractivity contribution in [1.29, 1.82) is 0 Å². The van der Waals surface area contributed by atoms with Crippen LogP contribution in [0.25, 0.3) is 0 Å². The summed E-state index contributed by atoms with van der Waals surface area (Å²) >= 11 is 0. The number of carboxylic acid groups (broad SMARTS) is 1. The van der Waals surface area contributed by atoms with E-state index in [1.807, 2.05) is 0 Å². The number of rotatable bonds is 5. The Balaban J connectivity index is 4.69. The monoisotopic (exact) mass is 214 g/mol. The zero-order valence-corrected chi connectivity index (χ0v) is 8.99. The summed E-state index contributed by atoms with van der Waals surface area (Å²) in [4.78, 5) is 32.5. The first-order valence-electron chi connectivity index (χ1n) is 4.49. The number of ketones is 1. The maximum absolute atomic E-state index is 11.4. The average molecular weight is 214 g/mol. The van der Waals surface area contributed by atoms with Crippen molar-refractivity contribution in [1.82, 2.24) is 0 Å². The first kappa shape index (κ1) is 13.4. The minimum Gasteiger partial charge on any atom is -0.478 e. The van der Waals surface area contributed by atoms with Crippen molar-refractivity contribution in [3.8, 4) is 0 Å². The molecule has 15 heavy (non-hydrogen) atoms. The van der Waals surface area contributed by atoms with Crippen molar-refractivity contribution >= 4 is 17.7 Å². The smallest absolute Gasteiger partial charge is 0.331 e. The summed E-state index contributed by atoms with van der Waals surface area (Å²) in [7, 11) is 0. The number of ether oxygens (including phenoxy) is 1. The molecule has 0 atom stereocenters. The molecule has 0 radical (unpaired) electrons. The molecule has 5 nitrogen and oxygen atoms in total. The van der Waals surface area contributed by atoms with Gasteiger partial charge in [0.15, 0.2) is 12.4 Å². The Morgan fingerprint density at radius 1 is 1.20 bits per heavy atom. The molecule has 1 N–H and O–H groups in total. The molecule has 0 heterocycles. The van der Waals surface area contributed by atoms with Gasteiger partial charge < -0.3 is 9.84 Å². The van der Waals surface area contributed by atoms with Gasteiger partial charge in [-0.25, -0.2) is 4.79 Å². The van der Waals surface area contributed by atoms with Crippen LogP contribution < -0.4 is 0 Å². The highest BCUT2D eigenvalue weighted by Crippen LogP contribution is 2.10. The summed E-state index contributed by atoms with van der Waals surface area (Å²) in [5, 5.41) is 8.69. The number of esters is 1. The number of aliphatic carboxylic acids is 1. The van der Waals surface area contributed by atoms with E-state index in [-0.39, 0.29) is 11.1 Å². The van der Waals surface area contributed by atoms with Crippen LogP contribution in [-0.4, -0.2) is 29.4 Å². The fourth-order valence-electron chi connectivity index (χ4n) is 1.05.